The number of benzene rings is 3. The van der Waals surface area contributed by atoms with E-state index in [4.69, 9.17) is 4.99 Å². The first kappa shape index (κ1) is 19.1. The van der Waals surface area contributed by atoms with Gasteiger partial charge >= 0.3 is 0 Å². The second kappa shape index (κ2) is 8.12. The molecule has 2 aliphatic rings. The van der Waals surface area contributed by atoms with Gasteiger partial charge in [-0.25, -0.2) is 4.99 Å². The summed E-state index contributed by atoms with van der Waals surface area (Å²) in [5.74, 6) is 0.686. The molecular formula is C28H25NS. The van der Waals surface area contributed by atoms with Crippen LogP contribution in [0, 0.1) is 0 Å². The van der Waals surface area contributed by atoms with E-state index in [-0.39, 0.29) is 0 Å². The first-order valence-electron chi connectivity index (χ1n) is 10.6. The third kappa shape index (κ3) is 3.57. The molecule has 2 unspecified atom stereocenters. The van der Waals surface area contributed by atoms with Gasteiger partial charge in [0.25, 0.3) is 0 Å². The lowest BCUT2D eigenvalue weighted by molar-refractivity contribution is 0.917. The molecule has 0 amide bonds. The molecule has 0 spiro atoms. The van der Waals surface area contributed by atoms with Gasteiger partial charge < -0.3 is 0 Å². The van der Waals surface area contributed by atoms with Crippen LogP contribution in [0.3, 0.4) is 0 Å². The van der Waals surface area contributed by atoms with E-state index in [1.807, 2.05) is 11.8 Å². The SMILES string of the molecule is CC(C1=CCC=C2Sc3ccc(C(C)c4ccccc4)cc3N=C21)c1ccccc1. The van der Waals surface area contributed by atoms with E-state index in [0.29, 0.717) is 11.8 Å². The number of hydrogen-bond donors (Lipinski definition) is 0. The van der Waals surface area contributed by atoms with Crippen LogP contribution in [0.5, 0.6) is 0 Å². The molecule has 3 aromatic rings. The van der Waals surface area contributed by atoms with Crippen molar-refractivity contribution in [3.05, 3.63) is 118 Å². The monoisotopic (exact) mass is 407 g/mol. The van der Waals surface area contributed by atoms with E-state index in [9.17, 15) is 0 Å². The van der Waals surface area contributed by atoms with E-state index >= 15 is 0 Å². The standard InChI is InChI=1S/C28H25NS/c1-19(21-10-5-3-6-11-21)23-16-17-26-25(18-23)29-28-24(14-9-15-27(28)30-26)20(2)22-12-7-4-8-13-22/h3-8,10-20H,9H2,1-2H3. The van der Waals surface area contributed by atoms with E-state index in [1.165, 1.54) is 32.1 Å². The van der Waals surface area contributed by atoms with Gasteiger partial charge in [-0.15, -0.1) is 0 Å². The van der Waals surface area contributed by atoms with Crippen molar-refractivity contribution in [1.29, 1.82) is 0 Å². The van der Waals surface area contributed by atoms with Crippen LogP contribution in [-0.4, -0.2) is 5.71 Å². The molecule has 2 atom stereocenters. The van der Waals surface area contributed by atoms with Crippen molar-refractivity contribution in [3.63, 3.8) is 0 Å². The third-order valence-electron chi connectivity index (χ3n) is 6.15. The van der Waals surface area contributed by atoms with Crippen LogP contribution >= 0.6 is 11.8 Å². The van der Waals surface area contributed by atoms with Crippen LogP contribution in [0.2, 0.25) is 0 Å². The molecule has 148 valence electrons. The predicted octanol–water partition coefficient (Wildman–Crippen LogP) is 8.03. The molecule has 0 radical (unpaired) electrons. The van der Waals surface area contributed by atoms with Crippen LogP contribution in [0.25, 0.3) is 0 Å². The van der Waals surface area contributed by atoms with Gasteiger partial charge in [0.2, 0.25) is 0 Å². The van der Waals surface area contributed by atoms with Crippen molar-refractivity contribution in [2.24, 2.45) is 4.99 Å². The van der Waals surface area contributed by atoms with Crippen molar-refractivity contribution in [2.45, 2.75) is 37.0 Å². The zero-order valence-electron chi connectivity index (χ0n) is 17.4. The van der Waals surface area contributed by atoms with Gasteiger partial charge in [-0.2, -0.15) is 0 Å². The minimum atomic E-state index is 0.335. The Morgan fingerprint density at radius 3 is 2.10 bits per heavy atom. The molecule has 1 nitrogen and oxygen atoms in total. The van der Waals surface area contributed by atoms with Crippen molar-refractivity contribution in [3.8, 4) is 0 Å². The van der Waals surface area contributed by atoms with Crippen molar-refractivity contribution in [1.82, 2.24) is 0 Å². The van der Waals surface area contributed by atoms with Crippen molar-refractivity contribution >= 4 is 23.2 Å². The summed E-state index contributed by atoms with van der Waals surface area (Å²) in [6, 6.07) is 28.2. The summed E-state index contributed by atoms with van der Waals surface area (Å²) in [7, 11) is 0. The molecule has 0 saturated heterocycles. The van der Waals surface area contributed by atoms with E-state index < -0.39 is 0 Å². The summed E-state index contributed by atoms with van der Waals surface area (Å²) in [5, 5.41) is 0. The highest BCUT2D eigenvalue weighted by atomic mass is 32.2. The average molecular weight is 408 g/mol. The zero-order chi connectivity index (χ0) is 20.5. The fraction of sp³-hybridized carbons (Fsp3) is 0.179. The van der Waals surface area contributed by atoms with Gasteiger partial charge in [-0.05, 0) is 40.8 Å². The zero-order valence-corrected chi connectivity index (χ0v) is 18.2. The summed E-state index contributed by atoms with van der Waals surface area (Å²) in [4.78, 5) is 7.74. The molecule has 1 aliphatic heterocycles. The number of fused-ring (bicyclic) bond motifs is 2. The number of nitrogens with zero attached hydrogens (tertiary/aromatic N) is 1. The quantitative estimate of drug-likeness (QED) is 0.426. The molecular weight excluding hydrogens is 382 g/mol. The molecule has 1 aliphatic carbocycles. The van der Waals surface area contributed by atoms with Crippen molar-refractivity contribution < 1.29 is 0 Å². The third-order valence-corrected chi connectivity index (χ3v) is 7.29. The molecule has 2 heteroatoms. The number of allylic oxidation sites excluding steroid dienone is 4. The Labute approximate surface area is 183 Å². The Balaban J connectivity index is 1.51. The topological polar surface area (TPSA) is 12.4 Å². The van der Waals surface area contributed by atoms with Gasteiger partial charge in [-0.3, -0.25) is 0 Å². The minimum Gasteiger partial charge on any atom is -0.246 e. The maximum absolute atomic E-state index is 5.19. The summed E-state index contributed by atoms with van der Waals surface area (Å²) in [6.07, 6.45) is 5.64. The van der Waals surface area contributed by atoms with Gasteiger partial charge in [0.05, 0.1) is 11.4 Å². The molecule has 0 bridgehead atoms. The van der Waals surface area contributed by atoms with E-state index in [1.54, 1.807) is 0 Å². The minimum absolute atomic E-state index is 0.335. The average Bonchev–Trinajstić information content (AvgIpc) is 2.82. The second-order valence-corrected chi connectivity index (χ2v) is 9.10. The lowest BCUT2D eigenvalue weighted by atomic mass is 9.86. The molecule has 0 fully saturated rings. The number of rotatable bonds is 4. The summed E-state index contributed by atoms with van der Waals surface area (Å²) in [5.41, 5.74) is 7.59. The predicted molar refractivity (Wildman–Crippen MR) is 129 cm³/mol. The molecule has 3 aromatic carbocycles. The van der Waals surface area contributed by atoms with Crippen LogP contribution in [0.15, 0.2) is 111 Å². The molecule has 0 N–H and O–H groups in total. The number of hydrogen-bond acceptors (Lipinski definition) is 2. The molecule has 0 saturated carbocycles. The van der Waals surface area contributed by atoms with Crippen LogP contribution in [-0.2, 0) is 0 Å². The van der Waals surface area contributed by atoms with E-state index in [0.717, 1.165) is 17.8 Å². The maximum atomic E-state index is 5.19. The fourth-order valence-electron chi connectivity index (χ4n) is 4.29. The second-order valence-electron chi connectivity index (χ2n) is 8.02. The summed E-state index contributed by atoms with van der Waals surface area (Å²) >= 11 is 1.86. The molecule has 1 heterocycles. The first-order valence-corrected chi connectivity index (χ1v) is 11.4. The number of thioether (sulfide) groups is 1. The highest BCUT2D eigenvalue weighted by Gasteiger charge is 2.27. The first-order chi connectivity index (χ1) is 14.7. The largest absolute Gasteiger partial charge is 0.246 e. The van der Waals surface area contributed by atoms with E-state index in [2.05, 4.69) is 105 Å². The summed E-state index contributed by atoms with van der Waals surface area (Å²) in [6.45, 7) is 4.57. The van der Waals surface area contributed by atoms with Crippen LogP contribution in [0.4, 0.5) is 5.69 Å². The maximum Gasteiger partial charge on any atom is 0.0808 e. The van der Waals surface area contributed by atoms with Gasteiger partial charge in [0.15, 0.2) is 0 Å². The lowest BCUT2D eigenvalue weighted by Crippen LogP contribution is -2.15. The van der Waals surface area contributed by atoms with Gasteiger partial charge in [0, 0.05) is 21.6 Å². The molecule has 0 aromatic heterocycles. The Bertz CT molecular complexity index is 1160. The van der Waals surface area contributed by atoms with Crippen LogP contribution < -0.4 is 0 Å². The Morgan fingerprint density at radius 2 is 1.40 bits per heavy atom. The smallest absolute Gasteiger partial charge is 0.0808 e. The Morgan fingerprint density at radius 1 is 0.733 bits per heavy atom. The highest BCUT2D eigenvalue weighted by Crippen LogP contribution is 2.46. The number of aliphatic imine (C=N–C) groups is 1. The highest BCUT2D eigenvalue weighted by molar-refractivity contribution is 8.04. The van der Waals surface area contributed by atoms with Gasteiger partial charge in [0.1, 0.15) is 0 Å². The van der Waals surface area contributed by atoms with Crippen molar-refractivity contribution in [2.75, 3.05) is 0 Å². The fourth-order valence-corrected chi connectivity index (χ4v) is 5.31. The molecule has 5 rings (SSSR count). The lowest BCUT2D eigenvalue weighted by Gasteiger charge is -2.27. The van der Waals surface area contributed by atoms with Gasteiger partial charge in [-0.1, -0.05) is 104 Å². The Hall–Kier alpha value is -2.84. The molecule has 30 heavy (non-hydrogen) atoms. The summed E-state index contributed by atoms with van der Waals surface area (Å²) < 4.78 is 0. The van der Waals surface area contributed by atoms with Crippen LogP contribution in [0.1, 0.15) is 48.8 Å². The normalized spacial score (nSPS) is 17.1. The Kier molecular flexibility index (Phi) is 5.18.